The second kappa shape index (κ2) is 14.7. The number of likely N-dealkylation sites (tertiary alicyclic amines) is 1. The van der Waals surface area contributed by atoms with Gasteiger partial charge in [0.1, 0.15) is 17.1 Å². The van der Waals surface area contributed by atoms with Gasteiger partial charge in [-0.05, 0) is 67.8 Å². The molecule has 2 N–H and O–H groups in total. The van der Waals surface area contributed by atoms with Crippen molar-refractivity contribution in [3.63, 3.8) is 0 Å². The van der Waals surface area contributed by atoms with Gasteiger partial charge in [-0.1, -0.05) is 53.5 Å². The molecule has 2 aliphatic heterocycles. The minimum absolute atomic E-state index is 0.108. The summed E-state index contributed by atoms with van der Waals surface area (Å²) < 4.78 is 26.7. The molecule has 53 heavy (non-hydrogen) atoms. The van der Waals surface area contributed by atoms with E-state index in [1.165, 1.54) is 43.3 Å². The molecular weight excluding hydrogens is 734 g/mol. The van der Waals surface area contributed by atoms with Gasteiger partial charge in [0.15, 0.2) is 0 Å². The highest BCUT2D eigenvalue weighted by molar-refractivity contribution is 6.31. The number of ether oxygens (including phenoxy) is 2. The molecule has 0 bridgehead atoms. The van der Waals surface area contributed by atoms with Gasteiger partial charge in [0, 0.05) is 39.4 Å². The number of hydrogen-bond acceptors (Lipinski definition) is 10. The van der Waals surface area contributed by atoms with E-state index in [2.05, 4.69) is 5.32 Å². The Morgan fingerprint density at radius 1 is 1.09 bits per heavy atom. The van der Waals surface area contributed by atoms with Gasteiger partial charge in [0.25, 0.3) is 11.6 Å². The van der Waals surface area contributed by atoms with E-state index >= 15 is 4.39 Å². The van der Waals surface area contributed by atoms with Crippen LogP contribution in [0.25, 0.3) is 0 Å². The molecule has 4 aromatic rings. The smallest absolute Gasteiger partial charge is 0.338 e. The lowest BCUT2D eigenvalue weighted by Gasteiger charge is -2.39. The fraction of sp³-hybridized carbons (Fsp3) is 0.297. The zero-order chi connectivity index (χ0) is 38.4. The summed E-state index contributed by atoms with van der Waals surface area (Å²) in [5.41, 5.74) is -1.85. The van der Waals surface area contributed by atoms with Crippen LogP contribution in [0, 0.1) is 33.0 Å². The van der Waals surface area contributed by atoms with Crippen molar-refractivity contribution in [2.24, 2.45) is 0 Å². The maximum absolute atomic E-state index is 16.3. The van der Waals surface area contributed by atoms with E-state index in [1.54, 1.807) is 42.2 Å². The molecular formula is C37H33Cl2FN4O9. The van der Waals surface area contributed by atoms with Gasteiger partial charge in [0.2, 0.25) is 6.04 Å². The van der Waals surface area contributed by atoms with Crippen LogP contribution in [0.3, 0.4) is 0 Å². The van der Waals surface area contributed by atoms with E-state index in [0.29, 0.717) is 17.9 Å². The van der Waals surface area contributed by atoms with Gasteiger partial charge in [-0.3, -0.25) is 29.9 Å². The van der Waals surface area contributed by atoms with Crippen LogP contribution in [-0.2, 0) is 21.6 Å². The molecule has 0 aromatic heterocycles. The molecule has 13 nitrogen and oxygen atoms in total. The van der Waals surface area contributed by atoms with Crippen LogP contribution >= 0.6 is 23.2 Å². The van der Waals surface area contributed by atoms with E-state index in [0.717, 1.165) is 13.2 Å². The second-order valence-electron chi connectivity index (χ2n) is 12.8. The topological polar surface area (TPSA) is 174 Å². The van der Waals surface area contributed by atoms with Gasteiger partial charge in [-0.25, -0.2) is 9.18 Å². The molecule has 1 fully saturated rings. The lowest BCUT2D eigenvalue weighted by atomic mass is 9.73. The van der Waals surface area contributed by atoms with Crippen LogP contribution in [0.15, 0.2) is 72.8 Å². The van der Waals surface area contributed by atoms with Crippen LogP contribution in [0.5, 0.6) is 5.75 Å². The summed E-state index contributed by atoms with van der Waals surface area (Å²) in [6.07, 6.45) is -2.29. The van der Waals surface area contributed by atoms with Crippen LogP contribution in [-0.4, -0.2) is 57.5 Å². The fourth-order valence-corrected chi connectivity index (χ4v) is 8.20. The SMILES string of the molecule is CCOc1cccc(CN2[C@@H](CC(O)c3cc(C)c(C(=O)OC)cc3[N+](=O)[O-])[C@@H]([N+](=O)[O-])[C@H](c3cccc(Cl)c3F)[C@]23C(=O)Nc2cc(Cl)ccc23)c1. The number of nitrogens with one attached hydrogen (secondary N) is 1. The van der Waals surface area contributed by atoms with Crippen molar-refractivity contribution in [2.75, 3.05) is 19.0 Å². The first kappa shape index (κ1) is 37.6. The standard InChI is InChI=1S/C37H33Cl2FN4O9/c1-4-53-22-8-5-7-20(14-22)18-42-30(17-31(45)25-13-19(2)24(35(46)52-3)16-29(25)43(48)49)34(44(50)51)32(23-9-6-10-27(39)33(23)40)37(42)26-12-11-21(38)15-28(26)41-36(37)47/h5-16,30-32,34,45H,4,17-18H2,1-3H3,(H,41,47)/t30-,31?,32-,34+,37+/m0/s1. The quantitative estimate of drug-likeness (QED) is 0.0909. The number of esters is 1. The van der Waals surface area contributed by atoms with Crippen LogP contribution in [0.4, 0.5) is 15.8 Å². The number of nitro groups is 2. The fourth-order valence-electron chi connectivity index (χ4n) is 7.85. The number of fused-ring (bicyclic) bond motifs is 2. The Morgan fingerprint density at radius 2 is 1.83 bits per heavy atom. The van der Waals surface area contributed by atoms with Crippen molar-refractivity contribution in [2.45, 2.75) is 56.5 Å². The van der Waals surface area contributed by atoms with Gasteiger partial charge < -0.3 is 19.9 Å². The molecule has 276 valence electrons. The first-order valence-electron chi connectivity index (χ1n) is 16.5. The van der Waals surface area contributed by atoms with Crippen molar-refractivity contribution in [3.8, 4) is 5.75 Å². The molecule has 1 unspecified atom stereocenters. The Balaban J connectivity index is 1.62. The van der Waals surface area contributed by atoms with E-state index < -0.39 is 69.3 Å². The highest BCUT2D eigenvalue weighted by Gasteiger charge is 2.71. The number of aliphatic hydroxyl groups excluding tert-OH is 1. The number of methoxy groups -OCH3 is 1. The van der Waals surface area contributed by atoms with Crippen LogP contribution < -0.4 is 10.1 Å². The monoisotopic (exact) mass is 766 g/mol. The predicted octanol–water partition coefficient (Wildman–Crippen LogP) is 7.12. The second-order valence-corrected chi connectivity index (χ2v) is 13.7. The molecule has 0 aliphatic carbocycles. The number of benzene rings is 4. The van der Waals surface area contributed by atoms with Crippen molar-refractivity contribution < 1.29 is 38.4 Å². The van der Waals surface area contributed by atoms with Gasteiger partial charge in [-0.2, -0.15) is 0 Å². The average molecular weight is 768 g/mol. The number of amides is 1. The number of nitrogens with zero attached hydrogens (tertiary/aromatic N) is 3. The molecule has 1 spiro atoms. The van der Waals surface area contributed by atoms with Crippen molar-refractivity contribution in [1.29, 1.82) is 0 Å². The molecule has 6 rings (SSSR count). The van der Waals surface area contributed by atoms with Crippen molar-refractivity contribution >= 4 is 46.5 Å². The van der Waals surface area contributed by atoms with Gasteiger partial charge in [-0.15, -0.1) is 0 Å². The third kappa shape index (κ3) is 6.45. The minimum atomic E-state index is -1.99. The molecule has 0 radical (unpaired) electrons. The van der Waals surface area contributed by atoms with E-state index in [-0.39, 0.29) is 50.1 Å². The summed E-state index contributed by atoms with van der Waals surface area (Å²) in [4.78, 5) is 53.0. The Bertz CT molecular complexity index is 2150. The maximum Gasteiger partial charge on any atom is 0.338 e. The molecule has 0 saturated carbocycles. The van der Waals surface area contributed by atoms with Crippen LogP contribution in [0.1, 0.15) is 63.5 Å². The summed E-state index contributed by atoms with van der Waals surface area (Å²) in [7, 11) is 1.12. The molecule has 2 heterocycles. The van der Waals surface area contributed by atoms with E-state index in [4.69, 9.17) is 32.7 Å². The summed E-state index contributed by atoms with van der Waals surface area (Å²) in [5, 5.41) is 40.4. The van der Waals surface area contributed by atoms with Crippen molar-refractivity contribution in [1.82, 2.24) is 4.90 Å². The van der Waals surface area contributed by atoms with Gasteiger partial charge in [0.05, 0.1) is 52.9 Å². The molecule has 4 aromatic carbocycles. The number of aliphatic hydroxyl groups is 1. The Labute approximate surface area is 312 Å². The first-order valence-corrected chi connectivity index (χ1v) is 17.2. The predicted molar refractivity (Wildman–Crippen MR) is 192 cm³/mol. The lowest BCUT2D eigenvalue weighted by molar-refractivity contribution is -0.528. The normalized spacial score (nSPS) is 21.3. The molecule has 16 heteroatoms. The highest BCUT2D eigenvalue weighted by Crippen LogP contribution is 2.60. The molecule has 2 aliphatic rings. The zero-order valence-corrected chi connectivity index (χ0v) is 30.1. The number of rotatable bonds is 11. The Kier molecular flexibility index (Phi) is 10.4. The third-order valence-electron chi connectivity index (χ3n) is 9.95. The molecule has 1 amide bonds. The zero-order valence-electron chi connectivity index (χ0n) is 28.5. The summed E-state index contributed by atoms with van der Waals surface area (Å²) in [5.74, 6) is -3.59. The Morgan fingerprint density at radius 3 is 2.51 bits per heavy atom. The summed E-state index contributed by atoms with van der Waals surface area (Å²) in [6.45, 7) is 3.49. The highest BCUT2D eigenvalue weighted by atomic mass is 35.5. The largest absolute Gasteiger partial charge is 0.494 e. The summed E-state index contributed by atoms with van der Waals surface area (Å²) in [6, 6.07) is 14.5. The maximum atomic E-state index is 16.3. The van der Waals surface area contributed by atoms with Crippen molar-refractivity contribution in [3.05, 3.63) is 142 Å². The molecule has 1 saturated heterocycles. The number of halogens is 3. The first-order chi connectivity index (χ1) is 25.2. The number of hydrogen-bond donors (Lipinski definition) is 2. The lowest BCUT2D eigenvalue weighted by Crippen LogP contribution is -2.51. The molecule has 5 atom stereocenters. The average Bonchev–Trinajstić information content (AvgIpc) is 3.55. The number of nitro benzene ring substituents is 1. The number of aryl methyl sites for hydroxylation is 1. The number of carbonyl (C=O) groups excluding carboxylic acids is 2. The van der Waals surface area contributed by atoms with Crippen LogP contribution in [0.2, 0.25) is 10.0 Å². The van der Waals surface area contributed by atoms with Gasteiger partial charge >= 0.3 is 5.97 Å². The van der Waals surface area contributed by atoms with E-state index in [1.807, 2.05) is 0 Å². The van der Waals surface area contributed by atoms with E-state index in [9.17, 15) is 34.9 Å². The number of anilines is 1. The number of carbonyl (C=O) groups is 2. The Hall–Kier alpha value is -5.15. The summed E-state index contributed by atoms with van der Waals surface area (Å²) >= 11 is 12.6. The minimum Gasteiger partial charge on any atom is -0.494 e. The third-order valence-corrected chi connectivity index (χ3v) is 10.5.